The Morgan fingerprint density at radius 1 is 1.09 bits per heavy atom. The van der Waals surface area contributed by atoms with E-state index in [0.29, 0.717) is 54.4 Å². The summed E-state index contributed by atoms with van der Waals surface area (Å²) in [6, 6.07) is 17.9. The minimum absolute atomic E-state index is 0.0808. The van der Waals surface area contributed by atoms with Crippen molar-refractivity contribution in [2.75, 3.05) is 31.6 Å². The Bertz CT molecular complexity index is 1890. The predicted octanol–water partition coefficient (Wildman–Crippen LogP) is 4.88. The number of hydrogen-bond donors (Lipinski definition) is 1. The maximum absolute atomic E-state index is 15.4. The molecule has 2 aliphatic rings. The van der Waals surface area contributed by atoms with Crippen LogP contribution in [0, 0.1) is 11.3 Å². The fourth-order valence-electron chi connectivity index (χ4n) is 6.61. The molecule has 4 aromatic rings. The van der Waals surface area contributed by atoms with Gasteiger partial charge >= 0.3 is 0 Å². The van der Waals surface area contributed by atoms with Crippen LogP contribution in [0.5, 0.6) is 11.5 Å². The van der Waals surface area contributed by atoms with Crippen molar-refractivity contribution >= 4 is 21.6 Å². The lowest BCUT2D eigenvalue weighted by Crippen LogP contribution is -2.54. The average Bonchev–Trinajstić information content (AvgIpc) is 3.83. The number of anilines is 1. The maximum atomic E-state index is 15.4. The van der Waals surface area contributed by atoms with E-state index in [4.69, 9.17) is 13.9 Å². The number of carbonyl (C=O) groups excluding carboxylic acids is 1. The number of ether oxygens (including phenoxy) is 2. The quantitative estimate of drug-likeness (QED) is 0.226. The number of nitriles is 1. The van der Waals surface area contributed by atoms with E-state index in [-0.39, 0.29) is 16.1 Å². The third-order valence-corrected chi connectivity index (χ3v) is 10.4. The lowest BCUT2D eigenvalue weighted by atomic mass is 9.80. The number of likely N-dealkylation sites (tertiary alicyclic amines) is 1. The van der Waals surface area contributed by atoms with Gasteiger partial charge in [0.05, 0.1) is 48.7 Å². The van der Waals surface area contributed by atoms with Crippen molar-refractivity contribution in [3.05, 3.63) is 101 Å². The summed E-state index contributed by atoms with van der Waals surface area (Å²) in [5.74, 6) is 0.601. The minimum Gasteiger partial charge on any atom is -0.497 e. The zero-order valence-electron chi connectivity index (χ0n) is 25.9. The van der Waals surface area contributed by atoms with Gasteiger partial charge in [-0.1, -0.05) is 19.1 Å². The number of rotatable bonds is 11. The second kappa shape index (κ2) is 12.6. The molecule has 2 aliphatic heterocycles. The molecular formula is C34H35N5O6S. The SMILES string of the molecule is CCCNCc1ccc(C2(N3CCC[C@H]3c3ncco3)C(=O)N(S(=O)(=O)c3ccc(OC)cc3)c3ccc(C#N)cc32)c(OC)c1. The van der Waals surface area contributed by atoms with Crippen molar-refractivity contribution in [2.45, 2.75) is 49.2 Å². The molecule has 46 heavy (non-hydrogen) atoms. The van der Waals surface area contributed by atoms with Gasteiger partial charge in [-0.2, -0.15) is 5.26 Å². The summed E-state index contributed by atoms with van der Waals surface area (Å²) in [5.41, 5.74) is 0.496. The van der Waals surface area contributed by atoms with E-state index < -0.39 is 27.5 Å². The van der Waals surface area contributed by atoms with Gasteiger partial charge < -0.3 is 19.2 Å². The Labute approximate surface area is 268 Å². The van der Waals surface area contributed by atoms with E-state index in [1.54, 1.807) is 12.3 Å². The van der Waals surface area contributed by atoms with Crippen molar-refractivity contribution in [3.63, 3.8) is 0 Å². The van der Waals surface area contributed by atoms with Gasteiger partial charge in [0, 0.05) is 24.2 Å². The molecule has 3 heterocycles. The second-order valence-electron chi connectivity index (χ2n) is 11.2. The van der Waals surface area contributed by atoms with Crippen LogP contribution in [0.25, 0.3) is 0 Å². The summed E-state index contributed by atoms with van der Waals surface area (Å²) in [5, 5.41) is 13.4. The van der Waals surface area contributed by atoms with Crippen LogP contribution in [0.2, 0.25) is 0 Å². The normalized spacial score (nSPS) is 19.7. The van der Waals surface area contributed by atoms with Crippen LogP contribution in [0.3, 0.4) is 0 Å². The van der Waals surface area contributed by atoms with Gasteiger partial charge in [-0.05, 0) is 79.9 Å². The molecule has 1 amide bonds. The first-order chi connectivity index (χ1) is 22.3. The lowest BCUT2D eigenvalue weighted by Gasteiger charge is -2.41. The van der Waals surface area contributed by atoms with Gasteiger partial charge in [0.15, 0.2) is 5.54 Å². The van der Waals surface area contributed by atoms with Crippen LogP contribution < -0.4 is 19.1 Å². The first-order valence-corrected chi connectivity index (χ1v) is 16.6. The van der Waals surface area contributed by atoms with E-state index in [0.717, 1.165) is 22.8 Å². The van der Waals surface area contributed by atoms with Gasteiger partial charge in [0.1, 0.15) is 17.8 Å². The first-order valence-electron chi connectivity index (χ1n) is 15.1. The number of amides is 1. The second-order valence-corrected chi connectivity index (χ2v) is 13.0. The molecule has 1 fully saturated rings. The smallest absolute Gasteiger partial charge is 0.271 e. The average molecular weight is 642 g/mol. The van der Waals surface area contributed by atoms with Crippen molar-refractivity contribution < 1.29 is 27.1 Å². The van der Waals surface area contributed by atoms with Crippen LogP contribution in [-0.2, 0) is 26.9 Å². The van der Waals surface area contributed by atoms with Gasteiger partial charge in [-0.3, -0.25) is 9.69 Å². The number of nitrogens with one attached hydrogen (secondary N) is 1. The number of aromatic nitrogens is 1. The highest BCUT2D eigenvalue weighted by atomic mass is 32.2. The fourth-order valence-corrected chi connectivity index (χ4v) is 8.07. The molecule has 0 spiro atoms. The summed E-state index contributed by atoms with van der Waals surface area (Å²) in [6.07, 6.45) is 5.32. The van der Waals surface area contributed by atoms with Crippen molar-refractivity contribution in [1.82, 2.24) is 15.2 Å². The summed E-state index contributed by atoms with van der Waals surface area (Å²) in [7, 11) is -1.42. The van der Waals surface area contributed by atoms with E-state index >= 15 is 4.79 Å². The molecule has 1 saturated heterocycles. The molecule has 3 aromatic carbocycles. The number of nitrogens with zero attached hydrogens (tertiary/aromatic N) is 4. The molecule has 12 heteroatoms. The van der Waals surface area contributed by atoms with E-state index in [1.807, 2.05) is 23.1 Å². The highest BCUT2D eigenvalue weighted by Gasteiger charge is 2.62. The molecule has 6 rings (SSSR count). The maximum Gasteiger partial charge on any atom is 0.271 e. The third-order valence-electron chi connectivity index (χ3n) is 8.66. The molecule has 0 saturated carbocycles. The summed E-state index contributed by atoms with van der Waals surface area (Å²) in [6.45, 7) is 3.93. The molecule has 0 bridgehead atoms. The van der Waals surface area contributed by atoms with E-state index in [2.05, 4.69) is 23.3 Å². The number of methoxy groups -OCH3 is 2. The highest BCUT2D eigenvalue weighted by Crippen LogP contribution is 2.56. The molecule has 1 aromatic heterocycles. The number of benzene rings is 3. The van der Waals surface area contributed by atoms with Crippen LogP contribution in [0.1, 0.15) is 60.4 Å². The number of carbonyl (C=O) groups is 1. The number of sulfonamides is 1. The number of hydrogen-bond acceptors (Lipinski definition) is 10. The predicted molar refractivity (Wildman–Crippen MR) is 170 cm³/mol. The zero-order chi connectivity index (χ0) is 32.5. The van der Waals surface area contributed by atoms with E-state index in [9.17, 15) is 13.7 Å². The van der Waals surface area contributed by atoms with Gasteiger partial charge in [0.2, 0.25) is 5.89 Å². The minimum atomic E-state index is -4.44. The Kier molecular flexibility index (Phi) is 8.57. The number of oxazole rings is 1. The molecule has 1 unspecified atom stereocenters. The van der Waals surface area contributed by atoms with E-state index in [1.165, 1.54) is 56.9 Å². The van der Waals surface area contributed by atoms with Crippen molar-refractivity contribution in [3.8, 4) is 17.6 Å². The molecule has 1 N–H and O–H groups in total. The number of fused-ring (bicyclic) bond motifs is 1. The Morgan fingerprint density at radius 2 is 1.89 bits per heavy atom. The zero-order valence-corrected chi connectivity index (χ0v) is 26.7. The largest absolute Gasteiger partial charge is 0.497 e. The van der Waals surface area contributed by atoms with Crippen molar-refractivity contribution in [1.29, 1.82) is 5.26 Å². The van der Waals surface area contributed by atoms with Crippen molar-refractivity contribution in [2.24, 2.45) is 0 Å². The van der Waals surface area contributed by atoms with Crippen LogP contribution in [-0.4, -0.2) is 51.5 Å². The topological polar surface area (TPSA) is 138 Å². The molecule has 0 radical (unpaired) electrons. The lowest BCUT2D eigenvalue weighted by molar-refractivity contribution is -0.127. The monoisotopic (exact) mass is 641 g/mol. The standard InChI is InChI=1S/C34H35N5O6S/c1-4-15-36-22-24-7-13-27(31(20-24)44-3)34(38-17-5-6-30(38)32-37-16-18-45-32)28-19-23(21-35)8-14-29(28)39(33(34)40)46(41,42)26-11-9-25(43-2)10-12-26/h7-14,16,18-20,30,36H,4-6,15,17,22H2,1-3H3/t30-,34?/m0/s1. The summed E-state index contributed by atoms with van der Waals surface area (Å²) >= 11 is 0. The Hall–Kier alpha value is -4.70. The third kappa shape index (κ3) is 5.01. The summed E-state index contributed by atoms with van der Waals surface area (Å²) < 4.78 is 46.8. The fraction of sp³-hybridized carbons (Fsp3) is 0.324. The molecule has 238 valence electrons. The van der Waals surface area contributed by atoms with Crippen LogP contribution in [0.15, 0.2) is 82.4 Å². The van der Waals surface area contributed by atoms with Crippen LogP contribution >= 0.6 is 0 Å². The summed E-state index contributed by atoms with van der Waals surface area (Å²) in [4.78, 5) is 21.7. The molecule has 0 aliphatic carbocycles. The van der Waals surface area contributed by atoms with Gasteiger partial charge in [-0.25, -0.2) is 17.7 Å². The van der Waals surface area contributed by atoms with Crippen LogP contribution in [0.4, 0.5) is 5.69 Å². The van der Waals surface area contributed by atoms with Gasteiger partial charge in [-0.15, -0.1) is 0 Å². The Balaban J connectivity index is 1.63. The Morgan fingerprint density at radius 3 is 2.57 bits per heavy atom. The molecule has 2 atom stereocenters. The van der Waals surface area contributed by atoms with Gasteiger partial charge in [0.25, 0.3) is 15.9 Å². The first kappa shape index (κ1) is 31.3. The molecule has 11 nitrogen and oxygen atoms in total. The highest BCUT2D eigenvalue weighted by molar-refractivity contribution is 7.93. The molecular weight excluding hydrogens is 606 g/mol.